The molecule has 0 aromatic carbocycles. The number of carbonyl (C=O) groups excluding carboxylic acids is 1. The van der Waals surface area contributed by atoms with Crippen LogP contribution in [0.2, 0.25) is 0 Å². The van der Waals surface area contributed by atoms with Gasteiger partial charge in [0, 0.05) is 19.7 Å². The molecule has 102 valence electrons. The zero-order chi connectivity index (χ0) is 13.5. The van der Waals surface area contributed by atoms with Gasteiger partial charge in [0.15, 0.2) is 0 Å². The molecular weight excluding hydrogens is 232 g/mol. The van der Waals surface area contributed by atoms with Crippen LogP contribution < -0.4 is 5.32 Å². The molecule has 6 heteroatoms. The summed E-state index contributed by atoms with van der Waals surface area (Å²) in [5.74, 6) is 1.62. The number of carbonyl (C=O) groups is 1. The highest BCUT2D eigenvalue weighted by atomic mass is 16.5. The van der Waals surface area contributed by atoms with Crippen LogP contribution in [0.1, 0.15) is 31.9 Å². The third kappa shape index (κ3) is 4.44. The second-order valence-electron chi connectivity index (χ2n) is 4.17. The smallest absolute Gasteiger partial charge is 0.248 e. The summed E-state index contributed by atoms with van der Waals surface area (Å²) in [5.41, 5.74) is 0. The van der Waals surface area contributed by atoms with Crippen LogP contribution in [-0.2, 0) is 16.1 Å². The number of rotatable bonds is 7. The minimum Gasteiger partial charge on any atom is -0.369 e. The Kier molecular flexibility index (Phi) is 5.77. The first-order valence-corrected chi connectivity index (χ1v) is 6.32. The summed E-state index contributed by atoms with van der Waals surface area (Å²) in [6, 6.07) is 0. The molecular formula is C12H22N4O2. The Bertz CT molecular complexity index is 389. The molecule has 1 rings (SSSR count). The lowest BCUT2D eigenvalue weighted by Gasteiger charge is -2.11. The van der Waals surface area contributed by atoms with Crippen LogP contribution in [-0.4, -0.2) is 39.9 Å². The van der Waals surface area contributed by atoms with Gasteiger partial charge in [-0.2, -0.15) is 5.10 Å². The van der Waals surface area contributed by atoms with Crippen molar-refractivity contribution in [1.82, 2.24) is 20.1 Å². The van der Waals surface area contributed by atoms with Crippen molar-refractivity contribution in [3.05, 3.63) is 11.6 Å². The number of nitrogens with zero attached hydrogens (tertiary/aromatic N) is 3. The van der Waals surface area contributed by atoms with E-state index < -0.39 is 0 Å². The van der Waals surface area contributed by atoms with Crippen LogP contribution in [0.4, 0.5) is 0 Å². The fourth-order valence-electron chi connectivity index (χ4n) is 1.68. The molecule has 0 spiro atoms. The molecule has 0 unspecified atom stereocenters. The quantitative estimate of drug-likeness (QED) is 0.732. The van der Waals surface area contributed by atoms with E-state index >= 15 is 0 Å². The lowest BCUT2D eigenvalue weighted by Crippen LogP contribution is -2.35. The fourth-order valence-corrected chi connectivity index (χ4v) is 1.68. The normalized spacial score (nSPS) is 12.4. The lowest BCUT2D eigenvalue weighted by molar-refractivity contribution is -0.131. The number of hydrogen-bond donors (Lipinski definition) is 1. The average Bonchev–Trinajstić information content (AvgIpc) is 2.63. The molecule has 0 aliphatic carbocycles. The molecule has 18 heavy (non-hydrogen) atoms. The molecule has 6 nitrogen and oxygen atoms in total. The Labute approximate surface area is 108 Å². The Morgan fingerprint density at radius 3 is 2.78 bits per heavy atom. The standard InChI is InChI=1S/C12H22N4O2/c1-5-18-9(2)12(17)13-7-6-8-16-11(4)14-10(3)15-16/h9H,5-8H2,1-4H3,(H,13,17)/t9-/m1/s1. The first-order chi connectivity index (χ1) is 8.54. The second-order valence-corrected chi connectivity index (χ2v) is 4.17. The minimum absolute atomic E-state index is 0.0663. The highest BCUT2D eigenvalue weighted by Gasteiger charge is 2.11. The largest absolute Gasteiger partial charge is 0.369 e. The van der Waals surface area contributed by atoms with E-state index in [0.717, 1.165) is 24.6 Å². The van der Waals surface area contributed by atoms with Crippen molar-refractivity contribution in [2.24, 2.45) is 0 Å². The van der Waals surface area contributed by atoms with Crippen molar-refractivity contribution in [2.45, 2.75) is 46.8 Å². The Hall–Kier alpha value is -1.43. The van der Waals surface area contributed by atoms with Crippen molar-refractivity contribution in [3.63, 3.8) is 0 Å². The Morgan fingerprint density at radius 1 is 1.50 bits per heavy atom. The molecule has 0 saturated heterocycles. The van der Waals surface area contributed by atoms with Crippen LogP contribution in [0, 0.1) is 13.8 Å². The molecule has 1 aromatic heterocycles. The SMILES string of the molecule is CCO[C@H](C)C(=O)NCCCn1nc(C)nc1C. The van der Waals surface area contributed by atoms with Crippen LogP contribution >= 0.6 is 0 Å². The number of hydrogen-bond acceptors (Lipinski definition) is 4. The van der Waals surface area contributed by atoms with Gasteiger partial charge in [0.25, 0.3) is 0 Å². The molecule has 1 aromatic rings. The highest BCUT2D eigenvalue weighted by Crippen LogP contribution is 1.97. The van der Waals surface area contributed by atoms with Gasteiger partial charge in [-0.15, -0.1) is 0 Å². The number of nitrogens with one attached hydrogen (secondary N) is 1. The van der Waals surface area contributed by atoms with E-state index in [4.69, 9.17) is 4.74 Å². The minimum atomic E-state index is -0.384. The first-order valence-electron chi connectivity index (χ1n) is 6.32. The average molecular weight is 254 g/mol. The van der Waals surface area contributed by atoms with Gasteiger partial charge in [-0.05, 0) is 34.1 Å². The molecule has 0 radical (unpaired) electrons. The maximum absolute atomic E-state index is 11.5. The van der Waals surface area contributed by atoms with Gasteiger partial charge in [-0.3, -0.25) is 9.48 Å². The summed E-state index contributed by atoms with van der Waals surface area (Å²) in [6.45, 7) is 9.35. The van der Waals surface area contributed by atoms with Crippen molar-refractivity contribution < 1.29 is 9.53 Å². The monoisotopic (exact) mass is 254 g/mol. The molecule has 0 aliphatic rings. The summed E-state index contributed by atoms with van der Waals surface area (Å²) < 4.78 is 7.06. The van der Waals surface area contributed by atoms with Gasteiger partial charge < -0.3 is 10.1 Å². The second kappa shape index (κ2) is 7.10. The van der Waals surface area contributed by atoms with Gasteiger partial charge in [0.2, 0.25) is 5.91 Å². The lowest BCUT2D eigenvalue weighted by atomic mass is 10.3. The number of aryl methyl sites for hydroxylation is 3. The van der Waals surface area contributed by atoms with Crippen LogP contribution in [0.3, 0.4) is 0 Å². The van der Waals surface area contributed by atoms with Gasteiger partial charge in [0.05, 0.1) is 0 Å². The molecule has 1 atom stereocenters. The zero-order valence-electron chi connectivity index (χ0n) is 11.6. The van der Waals surface area contributed by atoms with Gasteiger partial charge in [-0.1, -0.05) is 0 Å². The summed E-state index contributed by atoms with van der Waals surface area (Å²) in [5, 5.41) is 7.10. The van der Waals surface area contributed by atoms with E-state index in [1.165, 1.54) is 0 Å². The summed E-state index contributed by atoms with van der Waals surface area (Å²) in [6.07, 6.45) is 0.444. The Morgan fingerprint density at radius 2 is 2.22 bits per heavy atom. The molecule has 0 aliphatic heterocycles. The molecule has 0 bridgehead atoms. The van der Waals surface area contributed by atoms with E-state index in [0.29, 0.717) is 13.2 Å². The van der Waals surface area contributed by atoms with E-state index in [2.05, 4.69) is 15.4 Å². The van der Waals surface area contributed by atoms with E-state index in [9.17, 15) is 4.79 Å². The van der Waals surface area contributed by atoms with Crippen LogP contribution in [0.15, 0.2) is 0 Å². The fraction of sp³-hybridized carbons (Fsp3) is 0.750. The maximum atomic E-state index is 11.5. The van der Waals surface area contributed by atoms with Crippen LogP contribution in [0.25, 0.3) is 0 Å². The van der Waals surface area contributed by atoms with Gasteiger partial charge in [-0.25, -0.2) is 4.98 Å². The summed E-state index contributed by atoms with van der Waals surface area (Å²) >= 11 is 0. The zero-order valence-corrected chi connectivity index (χ0v) is 11.6. The predicted molar refractivity (Wildman–Crippen MR) is 68.2 cm³/mol. The third-order valence-corrected chi connectivity index (χ3v) is 2.59. The first kappa shape index (κ1) is 14.6. The number of ether oxygens (including phenoxy) is 1. The topological polar surface area (TPSA) is 69.0 Å². The number of aromatic nitrogens is 3. The summed E-state index contributed by atoms with van der Waals surface area (Å²) in [7, 11) is 0. The molecule has 1 amide bonds. The Balaban J connectivity index is 2.23. The van der Waals surface area contributed by atoms with Crippen LogP contribution in [0.5, 0.6) is 0 Å². The third-order valence-electron chi connectivity index (χ3n) is 2.59. The molecule has 1 heterocycles. The maximum Gasteiger partial charge on any atom is 0.248 e. The van der Waals surface area contributed by atoms with E-state index in [1.807, 2.05) is 25.5 Å². The highest BCUT2D eigenvalue weighted by molar-refractivity contribution is 5.80. The van der Waals surface area contributed by atoms with Crippen molar-refractivity contribution in [3.8, 4) is 0 Å². The number of amides is 1. The van der Waals surface area contributed by atoms with E-state index in [1.54, 1.807) is 6.92 Å². The predicted octanol–water partition coefficient (Wildman–Crippen LogP) is 0.826. The van der Waals surface area contributed by atoms with Crippen molar-refractivity contribution in [1.29, 1.82) is 0 Å². The van der Waals surface area contributed by atoms with Crippen molar-refractivity contribution in [2.75, 3.05) is 13.2 Å². The van der Waals surface area contributed by atoms with Gasteiger partial charge >= 0.3 is 0 Å². The summed E-state index contributed by atoms with van der Waals surface area (Å²) in [4.78, 5) is 15.8. The van der Waals surface area contributed by atoms with Crippen molar-refractivity contribution >= 4 is 5.91 Å². The molecule has 1 N–H and O–H groups in total. The van der Waals surface area contributed by atoms with E-state index in [-0.39, 0.29) is 12.0 Å². The molecule has 0 saturated carbocycles. The molecule has 0 fully saturated rings. The van der Waals surface area contributed by atoms with Gasteiger partial charge in [0.1, 0.15) is 17.8 Å².